The molecule has 0 saturated carbocycles. The maximum absolute atomic E-state index is 12.1. The lowest BCUT2D eigenvalue weighted by Gasteiger charge is -2.28. The Morgan fingerprint density at radius 3 is 2.59 bits per heavy atom. The van der Waals surface area contributed by atoms with Crippen LogP contribution in [0.2, 0.25) is 10.0 Å². The molecule has 140 valence electrons. The Balaban J connectivity index is 1.55. The summed E-state index contributed by atoms with van der Waals surface area (Å²) in [6.45, 7) is -0.396. The molecule has 0 saturated heterocycles. The van der Waals surface area contributed by atoms with E-state index >= 15 is 0 Å². The van der Waals surface area contributed by atoms with Gasteiger partial charge in [0.25, 0.3) is 11.8 Å². The van der Waals surface area contributed by atoms with E-state index < -0.39 is 11.8 Å². The van der Waals surface area contributed by atoms with Crippen LogP contribution in [-0.4, -0.2) is 30.9 Å². The number of para-hydroxylation sites is 2. The molecule has 0 fully saturated rings. The summed E-state index contributed by atoms with van der Waals surface area (Å²) in [6.07, 6.45) is -0.0321. The van der Waals surface area contributed by atoms with Crippen molar-refractivity contribution < 1.29 is 19.1 Å². The number of carbonyl (C=O) groups is 3. The van der Waals surface area contributed by atoms with Crippen molar-refractivity contribution in [2.24, 2.45) is 0 Å². The number of ether oxygens (including phenoxy) is 1. The van der Waals surface area contributed by atoms with E-state index in [1.807, 2.05) is 0 Å². The predicted octanol–water partition coefficient (Wildman–Crippen LogP) is 2.11. The van der Waals surface area contributed by atoms with Crippen LogP contribution < -0.4 is 20.5 Å². The molecule has 1 aliphatic heterocycles. The molecule has 3 rings (SSSR count). The molecule has 0 aliphatic carbocycles. The monoisotopic (exact) mass is 407 g/mol. The zero-order valence-electron chi connectivity index (χ0n) is 14.0. The van der Waals surface area contributed by atoms with Crippen molar-refractivity contribution >= 4 is 46.6 Å². The van der Waals surface area contributed by atoms with Gasteiger partial charge in [-0.2, -0.15) is 0 Å². The van der Waals surface area contributed by atoms with Crippen LogP contribution in [0.3, 0.4) is 0 Å². The second-order valence-corrected chi connectivity index (χ2v) is 6.59. The predicted molar refractivity (Wildman–Crippen MR) is 101 cm³/mol. The van der Waals surface area contributed by atoms with Crippen LogP contribution in [-0.2, 0) is 20.8 Å². The van der Waals surface area contributed by atoms with E-state index in [1.54, 1.807) is 36.4 Å². The number of carbonyl (C=O) groups excluding carboxylic acids is 3. The summed E-state index contributed by atoms with van der Waals surface area (Å²) < 4.78 is 5.32. The normalized spacial score (nSPS) is 12.8. The van der Waals surface area contributed by atoms with E-state index in [-0.39, 0.29) is 25.5 Å². The van der Waals surface area contributed by atoms with Gasteiger partial charge in [-0.15, -0.1) is 0 Å². The number of benzene rings is 2. The van der Waals surface area contributed by atoms with Gasteiger partial charge in [0.05, 0.1) is 12.1 Å². The summed E-state index contributed by atoms with van der Waals surface area (Å²) in [5.41, 5.74) is 5.67. The fourth-order valence-electron chi connectivity index (χ4n) is 2.53. The fraction of sp³-hybridized carbons (Fsp3) is 0.167. The van der Waals surface area contributed by atoms with E-state index in [0.717, 1.165) is 0 Å². The number of fused-ring (bicyclic) bond motifs is 1. The standard InChI is InChI=1S/C18H15Cl2N3O4/c19-12-6-5-11(13(20)8-12)7-16(24)21-22-17(25)9-23-14-3-1-2-4-15(14)27-10-18(23)26/h1-6,8H,7,9-10H2,(H,21,24)(H,22,25). The number of hydrogen-bond donors (Lipinski definition) is 2. The second-order valence-electron chi connectivity index (χ2n) is 5.75. The molecule has 0 unspecified atom stereocenters. The summed E-state index contributed by atoms with van der Waals surface area (Å²) in [5, 5.41) is 0.826. The number of halogens is 2. The molecular weight excluding hydrogens is 393 g/mol. The van der Waals surface area contributed by atoms with Crippen molar-refractivity contribution in [3.05, 3.63) is 58.1 Å². The van der Waals surface area contributed by atoms with Crippen LogP contribution in [0.15, 0.2) is 42.5 Å². The lowest BCUT2D eigenvalue weighted by molar-refractivity contribution is -0.129. The topological polar surface area (TPSA) is 87.7 Å². The highest BCUT2D eigenvalue weighted by molar-refractivity contribution is 6.35. The Labute approximate surface area is 165 Å². The molecule has 9 heteroatoms. The number of amides is 3. The Morgan fingerprint density at radius 1 is 1.07 bits per heavy atom. The Kier molecular flexibility index (Phi) is 5.83. The third-order valence-corrected chi connectivity index (χ3v) is 4.40. The van der Waals surface area contributed by atoms with E-state index in [4.69, 9.17) is 27.9 Å². The molecular formula is C18H15Cl2N3O4. The third-order valence-electron chi connectivity index (χ3n) is 3.82. The largest absolute Gasteiger partial charge is 0.482 e. The van der Waals surface area contributed by atoms with Gasteiger partial charge in [0.2, 0.25) is 5.91 Å². The van der Waals surface area contributed by atoms with Crippen molar-refractivity contribution in [2.75, 3.05) is 18.1 Å². The Hall–Kier alpha value is -2.77. The first-order chi connectivity index (χ1) is 12.9. The van der Waals surface area contributed by atoms with Crippen molar-refractivity contribution in [3.8, 4) is 5.75 Å². The summed E-state index contributed by atoms with van der Waals surface area (Å²) >= 11 is 11.8. The van der Waals surface area contributed by atoms with Gasteiger partial charge < -0.3 is 4.74 Å². The number of hydrazine groups is 1. The van der Waals surface area contributed by atoms with E-state index in [9.17, 15) is 14.4 Å². The van der Waals surface area contributed by atoms with Crippen LogP contribution >= 0.6 is 23.2 Å². The van der Waals surface area contributed by atoms with Gasteiger partial charge in [0.1, 0.15) is 12.3 Å². The van der Waals surface area contributed by atoms with E-state index in [0.29, 0.717) is 27.0 Å². The highest BCUT2D eigenvalue weighted by Crippen LogP contribution is 2.31. The van der Waals surface area contributed by atoms with Crippen molar-refractivity contribution in [3.63, 3.8) is 0 Å². The average Bonchev–Trinajstić information content (AvgIpc) is 2.65. The van der Waals surface area contributed by atoms with E-state index in [1.165, 1.54) is 11.0 Å². The maximum atomic E-state index is 12.1. The van der Waals surface area contributed by atoms with Crippen LogP contribution in [0.1, 0.15) is 5.56 Å². The van der Waals surface area contributed by atoms with Crippen molar-refractivity contribution in [2.45, 2.75) is 6.42 Å². The van der Waals surface area contributed by atoms with Crippen molar-refractivity contribution in [1.29, 1.82) is 0 Å². The first-order valence-electron chi connectivity index (χ1n) is 7.98. The molecule has 0 spiro atoms. The minimum atomic E-state index is -0.546. The summed E-state index contributed by atoms with van der Waals surface area (Å²) in [7, 11) is 0. The van der Waals surface area contributed by atoms with Crippen LogP contribution in [0, 0.1) is 0 Å². The molecule has 1 heterocycles. The highest BCUT2D eigenvalue weighted by Gasteiger charge is 2.27. The second kappa shape index (κ2) is 8.28. The summed E-state index contributed by atoms with van der Waals surface area (Å²) in [6, 6.07) is 11.7. The number of nitrogens with one attached hydrogen (secondary N) is 2. The fourth-order valence-corrected chi connectivity index (χ4v) is 3.01. The van der Waals surface area contributed by atoms with Gasteiger partial charge in [-0.3, -0.25) is 30.1 Å². The molecule has 3 amide bonds. The minimum Gasteiger partial charge on any atom is -0.482 e. The molecule has 2 N–H and O–H groups in total. The number of anilines is 1. The molecule has 0 atom stereocenters. The number of hydrogen-bond acceptors (Lipinski definition) is 4. The molecule has 27 heavy (non-hydrogen) atoms. The molecule has 2 aromatic rings. The molecule has 2 aromatic carbocycles. The molecule has 0 radical (unpaired) electrons. The smallest absolute Gasteiger partial charge is 0.265 e. The van der Waals surface area contributed by atoms with Crippen molar-refractivity contribution in [1.82, 2.24) is 10.9 Å². The van der Waals surface area contributed by atoms with Gasteiger partial charge in [-0.1, -0.05) is 41.4 Å². The van der Waals surface area contributed by atoms with Crippen LogP contribution in [0.25, 0.3) is 0 Å². The van der Waals surface area contributed by atoms with E-state index in [2.05, 4.69) is 10.9 Å². The average molecular weight is 408 g/mol. The number of nitrogens with zero attached hydrogens (tertiary/aromatic N) is 1. The number of rotatable bonds is 4. The lowest BCUT2D eigenvalue weighted by Crippen LogP contribution is -2.50. The Morgan fingerprint density at radius 2 is 1.81 bits per heavy atom. The zero-order valence-corrected chi connectivity index (χ0v) is 15.5. The highest BCUT2D eigenvalue weighted by atomic mass is 35.5. The first kappa shape index (κ1) is 19.0. The molecule has 7 nitrogen and oxygen atoms in total. The third kappa shape index (κ3) is 4.69. The Bertz CT molecular complexity index is 904. The minimum absolute atomic E-state index is 0.0321. The zero-order chi connectivity index (χ0) is 19.4. The van der Waals surface area contributed by atoms with Gasteiger partial charge >= 0.3 is 0 Å². The van der Waals surface area contributed by atoms with Gasteiger partial charge in [-0.25, -0.2) is 0 Å². The first-order valence-corrected chi connectivity index (χ1v) is 8.73. The molecule has 0 aromatic heterocycles. The molecule has 1 aliphatic rings. The molecule has 0 bridgehead atoms. The van der Waals surface area contributed by atoms with Gasteiger partial charge in [-0.05, 0) is 29.8 Å². The van der Waals surface area contributed by atoms with Crippen LogP contribution in [0.4, 0.5) is 5.69 Å². The van der Waals surface area contributed by atoms with Gasteiger partial charge in [0, 0.05) is 10.0 Å². The van der Waals surface area contributed by atoms with Crippen LogP contribution in [0.5, 0.6) is 5.75 Å². The quantitative estimate of drug-likeness (QED) is 0.759. The lowest BCUT2D eigenvalue weighted by atomic mass is 10.1. The maximum Gasteiger partial charge on any atom is 0.265 e. The SMILES string of the molecule is O=C(Cc1ccc(Cl)cc1Cl)NNC(=O)CN1C(=O)COc2ccccc21. The summed E-state index contributed by atoms with van der Waals surface area (Å²) in [4.78, 5) is 37.5. The summed E-state index contributed by atoms with van der Waals surface area (Å²) in [5.74, 6) is -0.827. The van der Waals surface area contributed by atoms with Gasteiger partial charge in [0.15, 0.2) is 6.61 Å².